The van der Waals surface area contributed by atoms with E-state index in [1.165, 1.54) is 65.6 Å². The number of rotatable bonds is 7. The fourth-order valence-corrected chi connectivity index (χ4v) is 4.29. The molecule has 1 aliphatic carbocycles. The Hall–Kier alpha value is -2.58. The van der Waals surface area contributed by atoms with Crippen LogP contribution in [0.25, 0.3) is 11.1 Å². The van der Waals surface area contributed by atoms with Gasteiger partial charge >= 0.3 is 0 Å². The molecule has 3 aromatic carbocycles. The van der Waals surface area contributed by atoms with Gasteiger partial charge in [0, 0.05) is 0 Å². The van der Waals surface area contributed by atoms with Gasteiger partial charge in [-0.25, -0.2) is 0 Å². The molecule has 0 N–H and O–H groups in total. The lowest BCUT2D eigenvalue weighted by Crippen LogP contribution is -2.21. The number of hydrogen-bond acceptors (Lipinski definition) is 2. The molecule has 0 fully saturated rings. The van der Waals surface area contributed by atoms with E-state index in [9.17, 15) is 0 Å². The van der Waals surface area contributed by atoms with Gasteiger partial charge in [0.25, 0.3) is 0 Å². The zero-order chi connectivity index (χ0) is 20.9. The molecule has 3 aromatic rings. The summed E-state index contributed by atoms with van der Waals surface area (Å²) in [6, 6.07) is 24.1. The molecule has 0 heterocycles. The van der Waals surface area contributed by atoms with Crippen LogP contribution >= 0.6 is 0 Å². The summed E-state index contributed by atoms with van der Waals surface area (Å²) < 4.78 is 6.12. The summed E-state index contributed by atoms with van der Waals surface area (Å²) in [5, 5.41) is 0. The molecule has 4 rings (SSSR count). The second-order valence-corrected chi connectivity index (χ2v) is 8.98. The highest BCUT2D eigenvalue weighted by Crippen LogP contribution is 2.30. The fourth-order valence-electron chi connectivity index (χ4n) is 4.29. The maximum Gasteiger partial charge on any atom is 0.120 e. The summed E-state index contributed by atoms with van der Waals surface area (Å²) in [7, 11) is 4.33. The van der Waals surface area contributed by atoms with Crippen LogP contribution in [0.5, 0.6) is 5.75 Å². The van der Waals surface area contributed by atoms with Gasteiger partial charge in [0.2, 0.25) is 0 Å². The molecular weight excluding hydrogens is 366 g/mol. The summed E-state index contributed by atoms with van der Waals surface area (Å²) >= 11 is 0. The van der Waals surface area contributed by atoms with E-state index in [0.29, 0.717) is 6.61 Å². The first-order valence-electron chi connectivity index (χ1n) is 11.1. The predicted molar refractivity (Wildman–Crippen MR) is 126 cm³/mol. The minimum atomic E-state index is 0.610. The van der Waals surface area contributed by atoms with Crippen molar-refractivity contribution >= 4 is 0 Å². The van der Waals surface area contributed by atoms with Gasteiger partial charge < -0.3 is 9.64 Å². The van der Waals surface area contributed by atoms with Crippen LogP contribution in [-0.2, 0) is 19.4 Å². The molecule has 2 heteroatoms. The molecule has 30 heavy (non-hydrogen) atoms. The zero-order valence-electron chi connectivity index (χ0n) is 18.5. The summed E-state index contributed by atoms with van der Waals surface area (Å²) in [6.45, 7) is 3.91. The molecule has 0 aromatic heterocycles. The third-order valence-corrected chi connectivity index (χ3v) is 6.24. The Labute approximate surface area is 181 Å². The van der Waals surface area contributed by atoms with Crippen molar-refractivity contribution in [3.05, 3.63) is 89.0 Å². The van der Waals surface area contributed by atoms with E-state index in [0.717, 1.165) is 11.7 Å². The summed E-state index contributed by atoms with van der Waals surface area (Å²) in [5.74, 6) is 1.81. The average Bonchev–Trinajstić information content (AvgIpc) is 2.77. The number of hydrogen-bond donors (Lipinski definition) is 0. The van der Waals surface area contributed by atoms with E-state index in [2.05, 4.69) is 92.6 Å². The van der Waals surface area contributed by atoms with Crippen molar-refractivity contribution in [2.45, 2.75) is 39.2 Å². The molecular formula is C28H33NO. The Bertz CT molecular complexity index is 957. The SMILES string of the molecule is Cc1ccc(-c2ccc(COc3ccc4c(c3)CCC(CCN(C)C)C4)cc2)cc1. The molecule has 0 radical (unpaired) electrons. The van der Waals surface area contributed by atoms with Crippen molar-refractivity contribution in [1.82, 2.24) is 4.90 Å². The van der Waals surface area contributed by atoms with Crippen LogP contribution in [0, 0.1) is 12.8 Å². The average molecular weight is 400 g/mol. The Balaban J connectivity index is 1.34. The predicted octanol–water partition coefficient (Wildman–Crippen LogP) is 6.30. The van der Waals surface area contributed by atoms with E-state index < -0.39 is 0 Å². The maximum absolute atomic E-state index is 6.12. The lowest BCUT2D eigenvalue weighted by molar-refractivity contribution is 0.304. The van der Waals surface area contributed by atoms with Crippen molar-refractivity contribution in [3.63, 3.8) is 0 Å². The second kappa shape index (κ2) is 9.49. The van der Waals surface area contributed by atoms with E-state index in [-0.39, 0.29) is 0 Å². The van der Waals surface area contributed by atoms with Gasteiger partial charge in [0.05, 0.1) is 0 Å². The van der Waals surface area contributed by atoms with Gasteiger partial charge in [-0.15, -0.1) is 0 Å². The minimum absolute atomic E-state index is 0.610. The van der Waals surface area contributed by atoms with Crippen molar-refractivity contribution in [1.29, 1.82) is 0 Å². The molecule has 0 saturated carbocycles. The lowest BCUT2D eigenvalue weighted by atomic mass is 9.82. The molecule has 0 spiro atoms. The first kappa shape index (κ1) is 20.7. The van der Waals surface area contributed by atoms with Crippen molar-refractivity contribution in [3.8, 4) is 16.9 Å². The molecule has 2 nitrogen and oxygen atoms in total. The van der Waals surface area contributed by atoms with E-state index >= 15 is 0 Å². The summed E-state index contributed by atoms with van der Waals surface area (Å²) in [5.41, 5.74) is 7.98. The highest BCUT2D eigenvalue weighted by molar-refractivity contribution is 5.63. The van der Waals surface area contributed by atoms with Crippen LogP contribution in [-0.4, -0.2) is 25.5 Å². The van der Waals surface area contributed by atoms with Gasteiger partial charge in [-0.2, -0.15) is 0 Å². The zero-order valence-corrected chi connectivity index (χ0v) is 18.5. The van der Waals surface area contributed by atoms with Crippen LogP contribution in [0.15, 0.2) is 66.7 Å². The van der Waals surface area contributed by atoms with Crippen LogP contribution in [0.1, 0.15) is 35.1 Å². The summed E-state index contributed by atoms with van der Waals surface area (Å²) in [6.07, 6.45) is 4.98. The van der Waals surface area contributed by atoms with Crippen molar-refractivity contribution < 1.29 is 4.74 Å². The monoisotopic (exact) mass is 399 g/mol. The molecule has 1 aliphatic rings. The largest absolute Gasteiger partial charge is 0.489 e. The Morgan fingerprint density at radius 2 is 1.57 bits per heavy atom. The molecule has 0 aliphatic heterocycles. The molecule has 0 bridgehead atoms. The van der Waals surface area contributed by atoms with E-state index in [4.69, 9.17) is 4.74 Å². The molecule has 0 amide bonds. The first-order chi connectivity index (χ1) is 14.6. The second-order valence-electron chi connectivity index (χ2n) is 8.98. The van der Waals surface area contributed by atoms with E-state index in [1.807, 2.05) is 0 Å². The number of fused-ring (bicyclic) bond motifs is 1. The number of aryl methyl sites for hydroxylation is 2. The smallest absolute Gasteiger partial charge is 0.120 e. The normalized spacial score (nSPS) is 15.8. The van der Waals surface area contributed by atoms with Crippen molar-refractivity contribution in [2.75, 3.05) is 20.6 Å². The fraction of sp³-hybridized carbons (Fsp3) is 0.357. The Morgan fingerprint density at radius 3 is 2.27 bits per heavy atom. The highest BCUT2D eigenvalue weighted by atomic mass is 16.5. The third kappa shape index (κ3) is 5.31. The quantitative estimate of drug-likeness (QED) is 0.462. The molecule has 156 valence electrons. The van der Waals surface area contributed by atoms with Crippen LogP contribution < -0.4 is 4.74 Å². The topological polar surface area (TPSA) is 12.5 Å². The Morgan fingerprint density at radius 1 is 0.867 bits per heavy atom. The molecule has 0 saturated heterocycles. The van der Waals surface area contributed by atoms with Gasteiger partial charge in [-0.05, 0) is 99.1 Å². The molecule has 1 atom stereocenters. The number of ether oxygens (including phenoxy) is 1. The van der Waals surface area contributed by atoms with Gasteiger partial charge in [-0.3, -0.25) is 0 Å². The first-order valence-corrected chi connectivity index (χ1v) is 11.1. The minimum Gasteiger partial charge on any atom is -0.489 e. The number of nitrogens with zero attached hydrogens (tertiary/aromatic N) is 1. The standard InChI is InChI=1S/C28H33NO/c1-21-4-9-24(10-5-21)25-11-7-23(8-12-25)20-30-28-15-14-26-18-22(16-17-29(2)3)6-13-27(26)19-28/h4-5,7-12,14-15,19,22H,6,13,16-18,20H2,1-3H3. The van der Waals surface area contributed by atoms with Gasteiger partial charge in [0.15, 0.2) is 0 Å². The third-order valence-electron chi connectivity index (χ3n) is 6.24. The van der Waals surface area contributed by atoms with Crippen LogP contribution in [0.4, 0.5) is 0 Å². The highest BCUT2D eigenvalue weighted by Gasteiger charge is 2.19. The van der Waals surface area contributed by atoms with Gasteiger partial charge in [-0.1, -0.05) is 60.2 Å². The maximum atomic E-state index is 6.12. The van der Waals surface area contributed by atoms with Crippen LogP contribution in [0.2, 0.25) is 0 Å². The van der Waals surface area contributed by atoms with Gasteiger partial charge in [0.1, 0.15) is 12.4 Å². The van der Waals surface area contributed by atoms with Crippen LogP contribution in [0.3, 0.4) is 0 Å². The van der Waals surface area contributed by atoms with E-state index in [1.54, 1.807) is 0 Å². The van der Waals surface area contributed by atoms with Crippen molar-refractivity contribution in [2.24, 2.45) is 5.92 Å². The lowest BCUT2D eigenvalue weighted by Gasteiger charge is -2.26. The number of benzene rings is 3. The summed E-state index contributed by atoms with van der Waals surface area (Å²) in [4.78, 5) is 2.29. The Kier molecular flexibility index (Phi) is 6.54. The molecule has 1 unspecified atom stereocenters.